The summed E-state index contributed by atoms with van der Waals surface area (Å²) in [4.78, 5) is 31.1. The highest BCUT2D eigenvalue weighted by molar-refractivity contribution is 6.30. The minimum atomic E-state index is -0.491. The van der Waals surface area contributed by atoms with E-state index in [0.29, 0.717) is 63.0 Å². The largest absolute Gasteiger partial charge is 0.373 e. The van der Waals surface area contributed by atoms with Gasteiger partial charge in [0.25, 0.3) is 11.8 Å². The Morgan fingerprint density at radius 1 is 0.968 bits per heavy atom. The normalized spacial score (nSPS) is 20.0. The van der Waals surface area contributed by atoms with Gasteiger partial charge in [0.1, 0.15) is 5.82 Å². The van der Waals surface area contributed by atoms with Gasteiger partial charge in [0.05, 0.1) is 18.3 Å². The summed E-state index contributed by atoms with van der Waals surface area (Å²) < 4.78 is 19.8. The predicted octanol–water partition coefficient (Wildman–Crippen LogP) is 2.78. The van der Waals surface area contributed by atoms with Crippen LogP contribution in [0.25, 0.3) is 0 Å². The van der Waals surface area contributed by atoms with Crippen LogP contribution in [0.5, 0.6) is 0 Å². The maximum atomic E-state index is 13.9. The first-order valence-electron chi connectivity index (χ1n) is 10.4. The molecule has 0 aromatic heterocycles. The van der Waals surface area contributed by atoms with Crippen molar-refractivity contribution in [1.82, 2.24) is 14.7 Å². The van der Waals surface area contributed by atoms with E-state index in [1.807, 2.05) is 0 Å². The van der Waals surface area contributed by atoms with Gasteiger partial charge >= 0.3 is 0 Å². The molecule has 2 saturated heterocycles. The number of halogens is 2. The van der Waals surface area contributed by atoms with Crippen molar-refractivity contribution in [3.8, 4) is 0 Å². The van der Waals surface area contributed by atoms with Crippen LogP contribution in [0.2, 0.25) is 5.02 Å². The fourth-order valence-corrected chi connectivity index (χ4v) is 4.24. The van der Waals surface area contributed by atoms with Crippen molar-refractivity contribution in [2.75, 3.05) is 52.4 Å². The SMILES string of the molecule is O=C(c1cccc(Cl)c1)N1CCOC(CN2CCN(C(=O)c3ccccc3F)CC2)C1. The third kappa shape index (κ3) is 5.23. The number of nitrogens with zero attached hydrogens (tertiary/aromatic N) is 3. The number of amides is 2. The summed E-state index contributed by atoms with van der Waals surface area (Å²) in [5, 5.41) is 0.540. The molecule has 8 heteroatoms. The quantitative estimate of drug-likeness (QED) is 0.726. The Labute approximate surface area is 186 Å². The molecule has 1 atom stereocenters. The highest BCUT2D eigenvalue weighted by atomic mass is 35.5. The first-order valence-corrected chi connectivity index (χ1v) is 10.8. The number of carbonyl (C=O) groups excluding carboxylic acids is 2. The third-order valence-electron chi connectivity index (χ3n) is 5.72. The second-order valence-electron chi connectivity index (χ2n) is 7.83. The Balaban J connectivity index is 1.29. The number of morpholine rings is 1. The van der Waals surface area contributed by atoms with Gasteiger partial charge in [-0.1, -0.05) is 29.8 Å². The molecule has 0 bridgehead atoms. The second-order valence-corrected chi connectivity index (χ2v) is 8.26. The molecule has 0 aliphatic carbocycles. The summed E-state index contributed by atoms with van der Waals surface area (Å²) in [7, 11) is 0. The molecule has 2 aliphatic rings. The van der Waals surface area contributed by atoms with Crippen molar-refractivity contribution in [1.29, 1.82) is 0 Å². The number of piperazine rings is 1. The predicted molar refractivity (Wildman–Crippen MR) is 116 cm³/mol. The third-order valence-corrected chi connectivity index (χ3v) is 5.96. The first kappa shape index (κ1) is 21.7. The highest BCUT2D eigenvalue weighted by Crippen LogP contribution is 2.17. The zero-order chi connectivity index (χ0) is 21.8. The van der Waals surface area contributed by atoms with Crippen LogP contribution in [0.4, 0.5) is 4.39 Å². The van der Waals surface area contributed by atoms with Gasteiger partial charge in [-0.15, -0.1) is 0 Å². The lowest BCUT2D eigenvalue weighted by Crippen LogP contribution is -2.54. The zero-order valence-corrected chi connectivity index (χ0v) is 17.9. The standard InChI is InChI=1S/C23H25ClFN3O3/c24-18-5-3-4-17(14-18)22(29)28-12-13-31-19(16-28)15-26-8-10-27(11-9-26)23(30)20-6-1-2-7-21(20)25/h1-7,14,19H,8-13,15-16H2. The fourth-order valence-electron chi connectivity index (χ4n) is 4.04. The molecule has 31 heavy (non-hydrogen) atoms. The molecule has 0 N–H and O–H groups in total. The average molecular weight is 446 g/mol. The summed E-state index contributed by atoms with van der Waals surface area (Å²) >= 11 is 6.02. The Kier molecular flexibility index (Phi) is 6.85. The summed E-state index contributed by atoms with van der Waals surface area (Å²) in [6.07, 6.45) is -0.0919. The van der Waals surface area contributed by atoms with Gasteiger partial charge in [-0.05, 0) is 30.3 Å². The van der Waals surface area contributed by atoms with E-state index in [0.717, 1.165) is 0 Å². The van der Waals surface area contributed by atoms with Gasteiger partial charge in [-0.2, -0.15) is 0 Å². The summed E-state index contributed by atoms with van der Waals surface area (Å²) in [6, 6.07) is 13.0. The van der Waals surface area contributed by atoms with Crippen LogP contribution in [0.3, 0.4) is 0 Å². The Bertz CT molecular complexity index is 949. The topological polar surface area (TPSA) is 53.1 Å². The number of rotatable bonds is 4. The molecular weight excluding hydrogens is 421 g/mol. The van der Waals surface area contributed by atoms with E-state index in [1.165, 1.54) is 12.1 Å². The molecular formula is C23H25ClFN3O3. The van der Waals surface area contributed by atoms with Crippen LogP contribution in [0.15, 0.2) is 48.5 Å². The van der Waals surface area contributed by atoms with Crippen LogP contribution in [-0.2, 0) is 4.74 Å². The molecule has 2 heterocycles. The lowest BCUT2D eigenvalue weighted by Gasteiger charge is -2.39. The first-order chi connectivity index (χ1) is 15.0. The molecule has 2 aliphatic heterocycles. The molecule has 164 valence electrons. The van der Waals surface area contributed by atoms with Crippen LogP contribution in [-0.4, -0.2) is 85.0 Å². The van der Waals surface area contributed by atoms with Crippen molar-refractivity contribution < 1.29 is 18.7 Å². The maximum absolute atomic E-state index is 13.9. The molecule has 2 fully saturated rings. The van der Waals surface area contributed by atoms with E-state index in [9.17, 15) is 14.0 Å². The van der Waals surface area contributed by atoms with Crippen LogP contribution >= 0.6 is 11.6 Å². The Morgan fingerprint density at radius 3 is 2.48 bits per heavy atom. The Morgan fingerprint density at radius 2 is 1.74 bits per heavy atom. The number of hydrogen-bond acceptors (Lipinski definition) is 4. The molecule has 0 saturated carbocycles. The minimum Gasteiger partial charge on any atom is -0.373 e. The van der Waals surface area contributed by atoms with E-state index in [4.69, 9.17) is 16.3 Å². The molecule has 2 amide bonds. The van der Waals surface area contributed by atoms with E-state index >= 15 is 0 Å². The van der Waals surface area contributed by atoms with E-state index in [2.05, 4.69) is 4.90 Å². The lowest BCUT2D eigenvalue weighted by atomic mass is 10.1. The summed E-state index contributed by atoms with van der Waals surface area (Å²) in [5.41, 5.74) is 0.690. The molecule has 0 radical (unpaired) electrons. The molecule has 2 aromatic carbocycles. The maximum Gasteiger partial charge on any atom is 0.256 e. The number of benzene rings is 2. The second kappa shape index (κ2) is 9.77. The smallest absolute Gasteiger partial charge is 0.256 e. The van der Waals surface area contributed by atoms with E-state index < -0.39 is 5.82 Å². The van der Waals surface area contributed by atoms with Crippen molar-refractivity contribution >= 4 is 23.4 Å². The molecule has 2 aromatic rings. The van der Waals surface area contributed by atoms with Crippen molar-refractivity contribution in [3.63, 3.8) is 0 Å². The van der Waals surface area contributed by atoms with E-state index in [-0.39, 0.29) is 23.5 Å². The van der Waals surface area contributed by atoms with Gasteiger partial charge in [0.2, 0.25) is 0 Å². The van der Waals surface area contributed by atoms with Gasteiger partial charge in [-0.3, -0.25) is 14.5 Å². The molecule has 6 nitrogen and oxygen atoms in total. The Hall–Kier alpha value is -2.48. The number of carbonyl (C=O) groups is 2. The number of ether oxygens (including phenoxy) is 1. The van der Waals surface area contributed by atoms with Crippen LogP contribution in [0.1, 0.15) is 20.7 Å². The summed E-state index contributed by atoms with van der Waals surface area (Å²) in [5.74, 6) is -0.809. The monoisotopic (exact) mass is 445 g/mol. The molecule has 4 rings (SSSR count). The zero-order valence-electron chi connectivity index (χ0n) is 17.2. The van der Waals surface area contributed by atoms with Gasteiger partial charge < -0.3 is 14.5 Å². The van der Waals surface area contributed by atoms with Gasteiger partial charge in [0.15, 0.2) is 0 Å². The van der Waals surface area contributed by atoms with Gasteiger partial charge in [-0.25, -0.2) is 4.39 Å². The van der Waals surface area contributed by atoms with E-state index in [1.54, 1.807) is 46.2 Å². The van der Waals surface area contributed by atoms with Crippen molar-refractivity contribution in [3.05, 3.63) is 70.5 Å². The van der Waals surface area contributed by atoms with Crippen molar-refractivity contribution in [2.45, 2.75) is 6.10 Å². The highest BCUT2D eigenvalue weighted by Gasteiger charge is 2.29. The fraction of sp³-hybridized carbons (Fsp3) is 0.391. The number of hydrogen-bond donors (Lipinski definition) is 0. The average Bonchev–Trinajstić information content (AvgIpc) is 2.79. The van der Waals surface area contributed by atoms with Gasteiger partial charge in [0, 0.05) is 56.4 Å². The lowest BCUT2D eigenvalue weighted by molar-refractivity contribution is -0.0400. The van der Waals surface area contributed by atoms with Crippen LogP contribution in [0, 0.1) is 5.82 Å². The molecule has 1 unspecified atom stereocenters. The van der Waals surface area contributed by atoms with Crippen molar-refractivity contribution in [2.24, 2.45) is 0 Å². The van der Waals surface area contributed by atoms with Crippen LogP contribution < -0.4 is 0 Å². The summed E-state index contributed by atoms with van der Waals surface area (Å²) in [6.45, 7) is 4.66. The molecule has 0 spiro atoms. The minimum absolute atomic E-state index is 0.0453.